The molecule has 0 radical (unpaired) electrons. The number of aryl methyl sites for hydroxylation is 1. The number of nitrogens with zero attached hydrogens (tertiary/aromatic N) is 2. The number of rotatable bonds is 2. The molecule has 128 valence electrons. The first kappa shape index (κ1) is 16.8. The second-order valence-electron chi connectivity index (χ2n) is 6.95. The van der Waals surface area contributed by atoms with Gasteiger partial charge < -0.3 is 0 Å². The molecule has 0 N–H and O–H groups in total. The molecule has 0 saturated carbocycles. The summed E-state index contributed by atoms with van der Waals surface area (Å²) in [4.78, 5) is 0. The fraction of sp³-hybridized carbons (Fsp3) is 0.120. The molecule has 2 aromatic carbocycles. The van der Waals surface area contributed by atoms with Gasteiger partial charge in [-0.1, -0.05) is 90.5 Å². The molecule has 2 aromatic rings. The number of allylic oxidation sites excluding steroid dienone is 8. The highest BCUT2D eigenvalue weighted by Gasteiger charge is 2.48. The van der Waals surface area contributed by atoms with Gasteiger partial charge in [-0.3, -0.25) is 0 Å². The van der Waals surface area contributed by atoms with E-state index in [1.807, 2.05) is 85.8 Å². The lowest BCUT2D eigenvalue weighted by atomic mass is 9.72. The lowest BCUT2D eigenvalue weighted by molar-refractivity contribution is 0.579. The summed E-state index contributed by atoms with van der Waals surface area (Å²) in [5.41, 5.74) is 4.74. The maximum Gasteiger partial charge on any atom is 0.179 e. The normalized spacial score (nSPS) is 19.7. The minimum atomic E-state index is -1.23. The van der Waals surface area contributed by atoms with Gasteiger partial charge in [-0.25, -0.2) is 0 Å². The molecule has 2 aliphatic carbocycles. The minimum Gasteiger partial charge on any atom is -0.196 e. The summed E-state index contributed by atoms with van der Waals surface area (Å²) in [5.74, 6) is -0.297. The Morgan fingerprint density at radius 3 is 2.26 bits per heavy atom. The van der Waals surface area contributed by atoms with Crippen LogP contribution in [0.5, 0.6) is 0 Å². The van der Waals surface area contributed by atoms with Crippen LogP contribution in [0.25, 0.3) is 11.1 Å². The molecule has 0 aliphatic heterocycles. The molecule has 1 unspecified atom stereocenters. The van der Waals surface area contributed by atoms with Gasteiger partial charge in [0.2, 0.25) is 0 Å². The number of nitriles is 2. The number of hydrogen-bond donors (Lipinski definition) is 0. The predicted octanol–water partition coefficient (Wildman–Crippen LogP) is 5.62. The Labute approximate surface area is 159 Å². The van der Waals surface area contributed by atoms with Crippen molar-refractivity contribution < 1.29 is 0 Å². The van der Waals surface area contributed by atoms with E-state index in [-0.39, 0.29) is 5.92 Å². The maximum atomic E-state index is 10.1. The van der Waals surface area contributed by atoms with Crippen LogP contribution >= 0.6 is 0 Å². The van der Waals surface area contributed by atoms with E-state index in [2.05, 4.69) is 18.2 Å². The highest BCUT2D eigenvalue weighted by atomic mass is 14.5. The Morgan fingerprint density at radius 1 is 0.889 bits per heavy atom. The van der Waals surface area contributed by atoms with Crippen LogP contribution < -0.4 is 0 Å². The van der Waals surface area contributed by atoms with Crippen LogP contribution in [0.4, 0.5) is 0 Å². The van der Waals surface area contributed by atoms with Crippen LogP contribution in [0.3, 0.4) is 0 Å². The molecule has 0 aromatic heterocycles. The molecule has 2 nitrogen and oxygen atoms in total. The molecule has 0 amide bonds. The van der Waals surface area contributed by atoms with E-state index in [0.29, 0.717) is 0 Å². The van der Waals surface area contributed by atoms with Crippen molar-refractivity contribution in [2.24, 2.45) is 11.3 Å². The zero-order chi connectivity index (χ0) is 18.9. The van der Waals surface area contributed by atoms with Crippen LogP contribution in [0.1, 0.15) is 16.7 Å². The average Bonchev–Trinajstić information content (AvgIpc) is 2.86. The van der Waals surface area contributed by atoms with Crippen LogP contribution in [0, 0.1) is 40.9 Å². The average molecular weight is 346 g/mol. The molecule has 2 aliphatic rings. The Balaban J connectivity index is 1.87. The van der Waals surface area contributed by atoms with E-state index < -0.39 is 5.41 Å². The van der Waals surface area contributed by atoms with E-state index in [4.69, 9.17) is 0 Å². The summed E-state index contributed by atoms with van der Waals surface area (Å²) in [6, 6.07) is 22.8. The highest BCUT2D eigenvalue weighted by Crippen LogP contribution is 2.52. The molecule has 0 bridgehead atoms. The maximum absolute atomic E-state index is 10.1. The topological polar surface area (TPSA) is 47.6 Å². The zero-order valence-corrected chi connectivity index (χ0v) is 15.1. The molecule has 27 heavy (non-hydrogen) atoms. The van der Waals surface area contributed by atoms with Crippen LogP contribution in [-0.4, -0.2) is 0 Å². The standard InChI is InChI=1S/C25H18N2/c1-18-10-12-20(13-11-18)23-15-22-9-5-8-21(19-6-3-2-4-7-19)14-24(22)25(23,16-26)17-27/h2-15,24H,1H3. The van der Waals surface area contributed by atoms with Crippen LogP contribution in [-0.2, 0) is 0 Å². The van der Waals surface area contributed by atoms with Crippen molar-refractivity contribution in [2.75, 3.05) is 0 Å². The Morgan fingerprint density at radius 2 is 1.59 bits per heavy atom. The molecule has 0 saturated heterocycles. The van der Waals surface area contributed by atoms with E-state index >= 15 is 0 Å². The van der Waals surface area contributed by atoms with Gasteiger partial charge in [-0.2, -0.15) is 10.5 Å². The summed E-state index contributed by atoms with van der Waals surface area (Å²) in [7, 11) is 0. The van der Waals surface area contributed by atoms with Crippen molar-refractivity contribution in [1.82, 2.24) is 0 Å². The van der Waals surface area contributed by atoms with Crippen molar-refractivity contribution in [1.29, 1.82) is 10.5 Å². The molecule has 0 fully saturated rings. The molecule has 1 atom stereocenters. The zero-order valence-electron chi connectivity index (χ0n) is 15.1. The first-order chi connectivity index (χ1) is 13.2. The van der Waals surface area contributed by atoms with Crippen molar-refractivity contribution in [2.45, 2.75) is 6.92 Å². The van der Waals surface area contributed by atoms with E-state index in [0.717, 1.165) is 33.4 Å². The van der Waals surface area contributed by atoms with Gasteiger partial charge in [0.15, 0.2) is 5.41 Å². The fourth-order valence-corrected chi connectivity index (χ4v) is 3.81. The summed E-state index contributed by atoms with van der Waals surface area (Å²) >= 11 is 0. The summed E-state index contributed by atoms with van der Waals surface area (Å²) in [6.45, 7) is 2.03. The lowest BCUT2D eigenvalue weighted by Crippen LogP contribution is -2.24. The summed E-state index contributed by atoms with van der Waals surface area (Å²) < 4.78 is 0. The third kappa shape index (κ3) is 2.73. The van der Waals surface area contributed by atoms with Crippen molar-refractivity contribution >= 4 is 11.1 Å². The minimum absolute atomic E-state index is 0.297. The molecular formula is C25H18N2. The van der Waals surface area contributed by atoms with E-state index in [1.165, 1.54) is 0 Å². The second kappa shape index (κ2) is 6.60. The molecule has 0 spiro atoms. The van der Waals surface area contributed by atoms with Gasteiger partial charge in [0.1, 0.15) is 0 Å². The van der Waals surface area contributed by atoms with E-state index in [9.17, 15) is 10.5 Å². The fourth-order valence-electron chi connectivity index (χ4n) is 3.81. The quantitative estimate of drug-likeness (QED) is 0.708. The van der Waals surface area contributed by atoms with Crippen molar-refractivity contribution in [3.05, 3.63) is 107 Å². The van der Waals surface area contributed by atoms with Gasteiger partial charge in [0.25, 0.3) is 0 Å². The van der Waals surface area contributed by atoms with Gasteiger partial charge in [-0.15, -0.1) is 0 Å². The Bertz CT molecular complexity index is 1070. The second-order valence-corrected chi connectivity index (χ2v) is 6.95. The largest absolute Gasteiger partial charge is 0.196 e. The Hall–Kier alpha value is -3.62. The Kier molecular flexibility index (Phi) is 4.11. The lowest BCUT2D eigenvalue weighted by Gasteiger charge is -2.24. The smallest absolute Gasteiger partial charge is 0.179 e. The van der Waals surface area contributed by atoms with Crippen LogP contribution in [0.2, 0.25) is 0 Å². The third-order valence-electron chi connectivity index (χ3n) is 5.29. The number of fused-ring (bicyclic) bond motifs is 1. The predicted molar refractivity (Wildman–Crippen MR) is 108 cm³/mol. The third-order valence-corrected chi connectivity index (χ3v) is 5.29. The molecule has 2 heteroatoms. The summed E-state index contributed by atoms with van der Waals surface area (Å²) in [6.07, 6.45) is 10.1. The van der Waals surface area contributed by atoms with Crippen molar-refractivity contribution in [3.63, 3.8) is 0 Å². The van der Waals surface area contributed by atoms with Gasteiger partial charge >= 0.3 is 0 Å². The number of hydrogen-bond acceptors (Lipinski definition) is 2. The molecule has 0 heterocycles. The van der Waals surface area contributed by atoms with Crippen molar-refractivity contribution in [3.8, 4) is 12.1 Å². The van der Waals surface area contributed by atoms with Gasteiger partial charge in [0.05, 0.1) is 12.1 Å². The first-order valence-corrected chi connectivity index (χ1v) is 8.95. The van der Waals surface area contributed by atoms with Crippen LogP contribution in [0.15, 0.2) is 90.6 Å². The van der Waals surface area contributed by atoms with Gasteiger partial charge in [-0.05, 0) is 34.8 Å². The van der Waals surface area contributed by atoms with E-state index in [1.54, 1.807) is 0 Å². The SMILES string of the molecule is Cc1ccc(C2=CC3=CC=CC(c4ccccc4)=CC3C2(C#N)C#N)cc1. The molecular weight excluding hydrogens is 328 g/mol. The highest BCUT2D eigenvalue weighted by molar-refractivity contribution is 5.86. The van der Waals surface area contributed by atoms with Gasteiger partial charge in [0, 0.05) is 5.92 Å². The first-order valence-electron chi connectivity index (χ1n) is 8.95. The number of benzene rings is 2. The molecule has 4 rings (SSSR count). The monoisotopic (exact) mass is 346 g/mol. The summed E-state index contributed by atoms with van der Waals surface area (Å²) in [5, 5.41) is 20.2.